The molecule has 16 heavy (non-hydrogen) atoms. The molecule has 2 aromatic heterocycles. The molecule has 0 saturated carbocycles. The first-order valence-electron chi connectivity index (χ1n) is 4.81. The van der Waals surface area contributed by atoms with Crippen LogP contribution in [0.2, 0.25) is 0 Å². The summed E-state index contributed by atoms with van der Waals surface area (Å²) in [7, 11) is 1.48. The molecule has 2 heterocycles. The van der Waals surface area contributed by atoms with Gasteiger partial charge in [0.2, 0.25) is 5.95 Å². The third kappa shape index (κ3) is 1.92. The van der Waals surface area contributed by atoms with Gasteiger partial charge >= 0.3 is 6.01 Å². The summed E-state index contributed by atoms with van der Waals surface area (Å²) < 4.78 is 6.70. The number of rotatable bonds is 3. The number of nitrogen functional groups attached to an aromatic ring is 1. The average molecular weight is 220 g/mol. The Hall–Kier alpha value is -2.18. The fourth-order valence-corrected chi connectivity index (χ4v) is 1.24. The highest BCUT2D eigenvalue weighted by Gasteiger charge is 2.08. The van der Waals surface area contributed by atoms with Crippen molar-refractivity contribution in [3.8, 4) is 17.4 Å². The van der Waals surface area contributed by atoms with Gasteiger partial charge in [0.15, 0.2) is 5.82 Å². The molecule has 0 atom stereocenters. The number of anilines is 1. The monoisotopic (exact) mass is 220 g/mol. The summed E-state index contributed by atoms with van der Waals surface area (Å²) in [5.41, 5.74) is 6.33. The van der Waals surface area contributed by atoms with Gasteiger partial charge in [-0.25, -0.2) is 0 Å². The van der Waals surface area contributed by atoms with E-state index in [-0.39, 0.29) is 12.0 Å². The molecule has 0 unspecified atom stereocenters. The maximum Gasteiger partial charge on any atom is 0.321 e. The molecule has 7 heteroatoms. The van der Waals surface area contributed by atoms with E-state index in [9.17, 15) is 0 Å². The van der Waals surface area contributed by atoms with Gasteiger partial charge in [-0.05, 0) is 6.92 Å². The van der Waals surface area contributed by atoms with Gasteiger partial charge in [0.1, 0.15) is 0 Å². The smallest absolute Gasteiger partial charge is 0.321 e. The summed E-state index contributed by atoms with van der Waals surface area (Å²) in [4.78, 5) is 11.9. The molecule has 0 saturated heterocycles. The van der Waals surface area contributed by atoms with Crippen LogP contribution in [0.1, 0.15) is 6.92 Å². The maximum absolute atomic E-state index is 5.54. The van der Waals surface area contributed by atoms with E-state index < -0.39 is 0 Å². The summed E-state index contributed by atoms with van der Waals surface area (Å²) in [5.74, 6) is 0.593. The van der Waals surface area contributed by atoms with E-state index in [4.69, 9.17) is 10.5 Å². The molecule has 2 N–H and O–H groups in total. The predicted octanol–water partition coefficient (Wildman–Crippen LogP) is 0.346. The zero-order chi connectivity index (χ0) is 11.5. The number of aryl methyl sites for hydroxylation is 1. The molecule has 0 aromatic carbocycles. The molecule has 0 spiro atoms. The standard InChI is InChI=1S/C9H12N6O/c1-3-15-5-6(4-11-15)7-12-8(10)14-9(13-7)16-2/h4-5H,3H2,1-2H3,(H2,10,12,13,14). The predicted molar refractivity (Wildman–Crippen MR) is 57.7 cm³/mol. The topological polar surface area (TPSA) is 91.7 Å². The van der Waals surface area contributed by atoms with Crippen molar-refractivity contribution in [3.05, 3.63) is 12.4 Å². The third-order valence-electron chi connectivity index (χ3n) is 2.03. The van der Waals surface area contributed by atoms with Crippen LogP contribution in [-0.2, 0) is 6.54 Å². The molecule has 2 rings (SSSR count). The van der Waals surface area contributed by atoms with E-state index in [0.29, 0.717) is 5.82 Å². The van der Waals surface area contributed by atoms with Crippen LogP contribution in [0.3, 0.4) is 0 Å². The third-order valence-corrected chi connectivity index (χ3v) is 2.03. The molecule has 7 nitrogen and oxygen atoms in total. The van der Waals surface area contributed by atoms with Crippen LogP contribution < -0.4 is 10.5 Å². The highest BCUT2D eigenvalue weighted by molar-refractivity contribution is 5.53. The van der Waals surface area contributed by atoms with E-state index in [1.807, 2.05) is 13.1 Å². The minimum atomic E-state index is 0.131. The SMILES string of the molecule is CCn1cc(-c2nc(N)nc(OC)n2)cn1. The minimum Gasteiger partial charge on any atom is -0.467 e. The van der Waals surface area contributed by atoms with Crippen LogP contribution in [0.5, 0.6) is 6.01 Å². The number of aromatic nitrogens is 5. The fourth-order valence-electron chi connectivity index (χ4n) is 1.24. The molecule has 0 fully saturated rings. The number of nitrogens with two attached hydrogens (primary N) is 1. The van der Waals surface area contributed by atoms with Crippen LogP contribution in [0.4, 0.5) is 5.95 Å². The van der Waals surface area contributed by atoms with E-state index in [1.54, 1.807) is 10.9 Å². The second-order valence-electron chi connectivity index (χ2n) is 3.09. The molecule has 0 amide bonds. The van der Waals surface area contributed by atoms with Crippen molar-refractivity contribution in [1.82, 2.24) is 24.7 Å². The van der Waals surface area contributed by atoms with Gasteiger partial charge in [-0.2, -0.15) is 20.1 Å². The van der Waals surface area contributed by atoms with Crippen molar-refractivity contribution in [2.24, 2.45) is 0 Å². The molecule has 0 aliphatic heterocycles. The van der Waals surface area contributed by atoms with Crippen molar-refractivity contribution in [2.45, 2.75) is 13.5 Å². The molecule has 0 bridgehead atoms. The van der Waals surface area contributed by atoms with E-state index in [1.165, 1.54) is 7.11 Å². The van der Waals surface area contributed by atoms with Crippen LogP contribution in [0.15, 0.2) is 12.4 Å². The Bertz CT molecular complexity index is 494. The lowest BCUT2D eigenvalue weighted by atomic mass is 10.3. The molecule has 2 aromatic rings. The maximum atomic E-state index is 5.54. The second kappa shape index (κ2) is 4.13. The molecular weight excluding hydrogens is 208 g/mol. The normalized spacial score (nSPS) is 10.4. The first-order chi connectivity index (χ1) is 7.72. The molecule has 0 aliphatic carbocycles. The summed E-state index contributed by atoms with van der Waals surface area (Å²) in [6, 6.07) is 0.201. The molecule has 84 valence electrons. The van der Waals surface area contributed by atoms with E-state index in [2.05, 4.69) is 20.1 Å². The van der Waals surface area contributed by atoms with Gasteiger partial charge < -0.3 is 10.5 Å². The van der Waals surface area contributed by atoms with Gasteiger partial charge in [-0.3, -0.25) is 4.68 Å². The van der Waals surface area contributed by atoms with Gasteiger partial charge in [0.05, 0.1) is 18.9 Å². The van der Waals surface area contributed by atoms with Crippen LogP contribution in [0.25, 0.3) is 11.4 Å². The lowest BCUT2D eigenvalue weighted by Gasteiger charge is -2.01. The van der Waals surface area contributed by atoms with Crippen molar-refractivity contribution in [1.29, 1.82) is 0 Å². The Morgan fingerprint density at radius 1 is 1.38 bits per heavy atom. The van der Waals surface area contributed by atoms with E-state index in [0.717, 1.165) is 12.1 Å². The lowest BCUT2D eigenvalue weighted by Crippen LogP contribution is -2.02. The number of methoxy groups -OCH3 is 1. The zero-order valence-corrected chi connectivity index (χ0v) is 9.08. The van der Waals surface area contributed by atoms with Crippen LogP contribution >= 0.6 is 0 Å². The first-order valence-corrected chi connectivity index (χ1v) is 4.81. The largest absolute Gasteiger partial charge is 0.467 e. The number of hydrogen-bond acceptors (Lipinski definition) is 6. The number of nitrogens with zero attached hydrogens (tertiary/aromatic N) is 5. The summed E-state index contributed by atoms with van der Waals surface area (Å²) >= 11 is 0. The van der Waals surface area contributed by atoms with Gasteiger partial charge in [-0.1, -0.05) is 0 Å². The Morgan fingerprint density at radius 2 is 2.19 bits per heavy atom. The lowest BCUT2D eigenvalue weighted by molar-refractivity contribution is 0.379. The van der Waals surface area contributed by atoms with Crippen molar-refractivity contribution >= 4 is 5.95 Å². The average Bonchev–Trinajstić information content (AvgIpc) is 2.76. The summed E-state index contributed by atoms with van der Waals surface area (Å²) in [5, 5.41) is 4.13. The van der Waals surface area contributed by atoms with Crippen LogP contribution in [-0.4, -0.2) is 31.8 Å². The van der Waals surface area contributed by atoms with Gasteiger partial charge in [0.25, 0.3) is 0 Å². The quantitative estimate of drug-likeness (QED) is 0.802. The van der Waals surface area contributed by atoms with Gasteiger partial charge in [-0.15, -0.1) is 0 Å². The Balaban J connectivity index is 2.42. The van der Waals surface area contributed by atoms with E-state index >= 15 is 0 Å². The Morgan fingerprint density at radius 3 is 2.81 bits per heavy atom. The van der Waals surface area contributed by atoms with Gasteiger partial charge in [0, 0.05) is 12.7 Å². The van der Waals surface area contributed by atoms with Crippen molar-refractivity contribution in [2.75, 3.05) is 12.8 Å². The minimum absolute atomic E-state index is 0.131. The zero-order valence-electron chi connectivity index (χ0n) is 9.08. The van der Waals surface area contributed by atoms with Crippen molar-refractivity contribution < 1.29 is 4.74 Å². The molecular formula is C9H12N6O. The Labute approximate surface area is 92.3 Å². The van der Waals surface area contributed by atoms with Crippen LogP contribution in [0, 0.1) is 0 Å². The second-order valence-corrected chi connectivity index (χ2v) is 3.09. The highest BCUT2D eigenvalue weighted by Crippen LogP contribution is 2.16. The Kier molecular flexibility index (Phi) is 2.67. The number of hydrogen-bond donors (Lipinski definition) is 1. The first kappa shape index (κ1) is 10.3. The summed E-state index contributed by atoms with van der Waals surface area (Å²) in [6.45, 7) is 2.79. The molecule has 0 radical (unpaired) electrons. The van der Waals surface area contributed by atoms with Crippen molar-refractivity contribution in [3.63, 3.8) is 0 Å². The highest BCUT2D eigenvalue weighted by atomic mass is 16.5. The summed E-state index contributed by atoms with van der Waals surface area (Å²) in [6.07, 6.45) is 3.52. The number of ether oxygens (including phenoxy) is 1. The molecule has 0 aliphatic rings. The fraction of sp³-hybridized carbons (Fsp3) is 0.333.